The molecular formula is C12H16O. The van der Waals surface area contributed by atoms with Gasteiger partial charge in [-0.3, -0.25) is 0 Å². The van der Waals surface area contributed by atoms with Crippen LogP contribution in [0, 0.1) is 5.92 Å². The summed E-state index contributed by atoms with van der Waals surface area (Å²) in [5, 5.41) is 9.87. The molecule has 1 aromatic rings. The lowest BCUT2D eigenvalue weighted by atomic mass is 9.97. The average molecular weight is 176 g/mol. The summed E-state index contributed by atoms with van der Waals surface area (Å²) in [4.78, 5) is 0. The van der Waals surface area contributed by atoms with Gasteiger partial charge in [0, 0.05) is 5.92 Å². The fraction of sp³-hybridized carbons (Fsp3) is 0.333. The van der Waals surface area contributed by atoms with Crippen LogP contribution in [0.1, 0.15) is 25.5 Å². The zero-order chi connectivity index (χ0) is 9.68. The van der Waals surface area contributed by atoms with Crippen molar-refractivity contribution in [3.63, 3.8) is 0 Å². The maximum Gasteiger partial charge on any atom is 0.0849 e. The SMILES string of the molecule is C/C=C/[C@H](C)[C@H](O)c1ccccc1. The molecule has 0 aliphatic rings. The zero-order valence-corrected chi connectivity index (χ0v) is 8.14. The molecule has 0 unspecified atom stereocenters. The molecular weight excluding hydrogens is 160 g/mol. The highest BCUT2D eigenvalue weighted by Gasteiger charge is 2.12. The van der Waals surface area contributed by atoms with Crippen molar-refractivity contribution in [2.75, 3.05) is 0 Å². The Morgan fingerprint density at radius 1 is 1.23 bits per heavy atom. The van der Waals surface area contributed by atoms with Gasteiger partial charge in [-0.25, -0.2) is 0 Å². The summed E-state index contributed by atoms with van der Waals surface area (Å²) in [5.74, 6) is 0.174. The first-order valence-corrected chi connectivity index (χ1v) is 4.61. The van der Waals surface area contributed by atoms with Crippen LogP contribution in [-0.4, -0.2) is 5.11 Å². The molecule has 0 aliphatic heterocycles. The van der Waals surface area contributed by atoms with Crippen molar-refractivity contribution >= 4 is 0 Å². The Bertz CT molecular complexity index is 264. The van der Waals surface area contributed by atoms with E-state index in [-0.39, 0.29) is 5.92 Å². The smallest absolute Gasteiger partial charge is 0.0849 e. The van der Waals surface area contributed by atoms with Crippen LogP contribution in [0.4, 0.5) is 0 Å². The number of benzene rings is 1. The van der Waals surface area contributed by atoms with E-state index in [4.69, 9.17) is 0 Å². The van der Waals surface area contributed by atoms with Crippen LogP contribution in [0.25, 0.3) is 0 Å². The minimum absolute atomic E-state index is 0.174. The Morgan fingerprint density at radius 3 is 2.38 bits per heavy atom. The van der Waals surface area contributed by atoms with Gasteiger partial charge in [-0.2, -0.15) is 0 Å². The number of rotatable bonds is 3. The molecule has 0 saturated heterocycles. The van der Waals surface area contributed by atoms with Gasteiger partial charge in [-0.15, -0.1) is 0 Å². The molecule has 0 amide bonds. The lowest BCUT2D eigenvalue weighted by molar-refractivity contribution is 0.139. The summed E-state index contributed by atoms with van der Waals surface area (Å²) < 4.78 is 0. The largest absolute Gasteiger partial charge is 0.388 e. The first kappa shape index (κ1) is 10.0. The van der Waals surface area contributed by atoms with Crippen LogP contribution in [-0.2, 0) is 0 Å². The molecule has 1 nitrogen and oxygen atoms in total. The zero-order valence-electron chi connectivity index (χ0n) is 8.14. The minimum atomic E-state index is -0.391. The highest BCUT2D eigenvalue weighted by molar-refractivity contribution is 5.18. The standard InChI is InChI=1S/C12H16O/c1-3-7-10(2)12(13)11-8-5-4-6-9-11/h3-10,12-13H,1-2H3/b7-3+/t10-,12-/m0/s1. The molecule has 70 valence electrons. The molecule has 0 saturated carbocycles. The van der Waals surface area contributed by atoms with E-state index in [1.54, 1.807) is 0 Å². The number of hydrogen-bond acceptors (Lipinski definition) is 1. The maximum absolute atomic E-state index is 9.87. The van der Waals surface area contributed by atoms with E-state index in [0.29, 0.717) is 0 Å². The molecule has 1 rings (SSSR count). The van der Waals surface area contributed by atoms with Crippen LogP contribution in [0.5, 0.6) is 0 Å². The number of aliphatic hydroxyl groups is 1. The van der Waals surface area contributed by atoms with E-state index < -0.39 is 6.10 Å². The molecule has 0 fully saturated rings. The summed E-state index contributed by atoms with van der Waals surface area (Å²) >= 11 is 0. The van der Waals surface area contributed by atoms with E-state index in [0.717, 1.165) is 5.56 Å². The highest BCUT2D eigenvalue weighted by atomic mass is 16.3. The Labute approximate surface area is 79.7 Å². The minimum Gasteiger partial charge on any atom is -0.388 e. The first-order valence-electron chi connectivity index (χ1n) is 4.61. The van der Waals surface area contributed by atoms with E-state index in [2.05, 4.69) is 0 Å². The van der Waals surface area contributed by atoms with E-state index in [1.165, 1.54) is 0 Å². The monoisotopic (exact) mass is 176 g/mol. The second kappa shape index (κ2) is 4.83. The fourth-order valence-electron chi connectivity index (χ4n) is 1.36. The van der Waals surface area contributed by atoms with E-state index in [1.807, 2.05) is 56.3 Å². The predicted molar refractivity (Wildman–Crippen MR) is 55.4 cm³/mol. The molecule has 0 aliphatic carbocycles. The third-order valence-corrected chi connectivity index (χ3v) is 2.14. The lowest BCUT2D eigenvalue weighted by Gasteiger charge is -2.15. The molecule has 0 spiro atoms. The van der Waals surface area contributed by atoms with Crippen molar-refractivity contribution in [3.8, 4) is 0 Å². The van der Waals surface area contributed by atoms with Gasteiger partial charge < -0.3 is 5.11 Å². The van der Waals surface area contributed by atoms with Gasteiger partial charge in [-0.05, 0) is 12.5 Å². The second-order valence-corrected chi connectivity index (χ2v) is 3.24. The van der Waals surface area contributed by atoms with E-state index in [9.17, 15) is 5.11 Å². The van der Waals surface area contributed by atoms with E-state index >= 15 is 0 Å². The fourth-order valence-corrected chi connectivity index (χ4v) is 1.36. The molecule has 13 heavy (non-hydrogen) atoms. The Balaban J connectivity index is 2.73. The van der Waals surface area contributed by atoms with Crippen LogP contribution in [0.15, 0.2) is 42.5 Å². The van der Waals surface area contributed by atoms with Crippen molar-refractivity contribution < 1.29 is 5.11 Å². The highest BCUT2D eigenvalue weighted by Crippen LogP contribution is 2.21. The van der Waals surface area contributed by atoms with Gasteiger partial charge >= 0.3 is 0 Å². The summed E-state index contributed by atoms with van der Waals surface area (Å²) in [6.07, 6.45) is 3.59. The van der Waals surface area contributed by atoms with Crippen LogP contribution < -0.4 is 0 Å². The first-order chi connectivity index (χ1) is 6.25. The summed E-state index contributed by atoms with van der Waals surface area (Å²) in [5.41, 5.74) is 0.980. The molecule has 2 atom stereocenters. The molecule has 0 bridgehead atoms. The summed E-state index contributed by atoms with van der Waals surface area (Å²) in [6, 6.07) is 9.74. The summed E-state index contributed by atoms with van der Waals surface area (Å²) in [6.45, 7) is 3.98. The quantitative estimate of drug-likeness (QED) is 0.702. The van der Waals surface area contributed by atoms with Crippen molar-refractivity contribution in [2.24, 2.45) is 5.92 Å². The normalized spacial score (nSPS) is 15.9. The van der Waals surface area contributed by atoms with Crippen LogP contribution in [0.2, 0.25) is 0 Å². The summed E-state index contributed by atoms with van der Waals surface area (Å²) in [7, 11) is 0. The maximum atomic E-state index is 9.87. The number of aliphatic hydroxyl groups excluding tert-OH is 1. The molecule has 0 radical (unpaired) electrons. The van der Waals surface area contributed by atoms with Gasteiger partial charge in [0.25, 0.3) is 0 Å². The van der Waals surface area contributed by atoms with Crippen molar-refractivity contribution in [3.05, 3.63) is 48.0 Å². The molecule has 1 heteroatoms. The lowest BCUT2D eigenvalue weighted by Crippen LogP contribution is -2.06. The van der Waals surface area contributed by atoms with Crippen LogP contribution >= 0.6 is 0 Å². The second-order valence-electron chi connectivity index (χ2n) is 3.24. The van der Waals surface area contributed by atoms with Crippen LogP contribution in [0.3, 0.4) is 0 Å². The molecule has 1 aromatic carbocycles. The van der Waals surface area contributed by atoms with Gasteiger partial charge in [0.15, 0.2) is 0 Å². The predicted octanol–water partition coefficient (Wildman–Crippen LogP) is 2.93. The average Bonchev–Trinajstić information content (AvgIpc) is 2.18. The Hall–Kier alpha value is -1.08. The molecule has 1 N–H and O–H groups in total. The third-order valence-electron chi connectivity index (χ3n) is 2.14. The molecule has 0 aromatic heterocycles. The van der Waals surface area contributed by atoms with Crippen molar-refractivity contribution in [2.45, 2.75) is 20.0 Å². The third kappa shape index (κ3) is 2.71. The van der Waals surface area contributed by atoms with Gasteiger partial charge in [0.05, 0.1) is 6.10 Å². The molecule has 0 heterocycles. The van der Waals surface area contributed by atoms with Gasteiger partial charge in [0.1, 0.15) is 0 Å². The topological polar surface area (TPSA) is 20.2 Å². The number of hydrogen-bond donors (Lipinski definition) is 1. The van der Waals surface area contributed by atoms with Gasteiger partial charge in [0.2, 0.25) is 0 Å². The van der Waals surface area contributed by atoms with Gasteiger partial charge in [-0.1, -0.05) is 49.4 Å². The van der Waals surface area contributed by atoms with Crippen molar-refractivity contribution in [1.29, 1.82) is 0 Å². The van der Waals surface area contributed by atoms with Crippen molar-refractivity contribution in [1.82, 2.24) is 0 Å². The Kier molecular flexibility index (Phi) is 3.71. The Morgan fingerprint density at radius 2 is 1.85 bits per heavy atom. The number of allylic oxidation sites excluding steroid dienone is 1.